The summed E-state index contributed by atoms with van der Waals surface area (Å²) < 4.78 is 19.8. The van der Waals surface area contributed by atoms with Crippen molar-refractivity contribution >= 4 is 81.6 Å². The Morgan fingerprint density at radius 3 is 0.841 bits per heavy atom. The summed E-state index contributed by atoms with van der Waals surface area (Å²) in [4.78, 5) is 47.0. The van der Waals surface area contributed by atoms with Crippen LogP contribution in [-0.4, -0.2) is 70.4 Å². The lowest BCUT2D eigenvalue weighted by molar-refractivity contribution is -0.129. The molecule has 0 unspecified atom stereocenters. The van der Waals surface area contributed by atoms with Gasteiger partial charge in [0.1, 0.15) is 23.0 Å². The Hall–Kier alpha value is -4.19. The maximum Gasteiger partial charge on any atom is 0.239 e. The lowest BCUT2D eigenvalue weighted by atomic mass is 10.1. The van der Waals surface area contributed by atoms with Crippen molar-refractivity contribution in [2.45, 2.75) is 123 Å². The molecule has 4 rings (SSSR count). The number of carbonyl (C=O) groups excluding carboxylic acids is 4. The smallest absolute Gasteiger partial charge is 0.239 e. The molecule has 4 aromatic carbocycles. The van der Waals surface area contributed by atoms with E-state index in [9.17, 15) is 19.2 Å². The highest BCUT2D eigenvalue weighted by Gasteiger charge is 2.26. The highest BCUT2D eigenvalue weighted by Crippen LogP contribution is 2.35. The average molecular weight is 1050 g/mol. The molecule has 0 fully saturated rings. The van der Waals surface area contributed by atoms with Gasteiger partial charge in [-0.2, -0.15) is 47.0 Å². The van der Waals surface area contributed by atoms with Crippen molar-refractivity contribution in [1.29, 1.82) is 0 Å². The minimum atomic E-state index is -0.280. The highest BCUT2D eigenvalue weighted by molar-refractivity contribution is 8.00. The van der Waals surface area contributed by atoms with Crippen LogP contribution in [0, 0.1) is 0 Å². The zero-order chi connectivity index (χ0) is 51.7. The third-order valence-corrected chi connectivity index (χ3v) is 15.7. The molecule has 3 amide bonds. The van der Waals surface area contributed by atoms with Gasteiger partial charge in [0.15, 0.2) is 0 Å². The van der Waals surface area contributed by atoms with Crippen molar-refractivity contribution in [3.63, 3.8) is 0 Å². The zero-order valence-electron chi connectivity index (χ0n) is 42.2. The molecule has 0 aliphatic rings. The Bertz CT molecular complexity index is 2080. The van der Waals surface area contributed by atoms with E-state index in [-0.39, 0.29) is 42.0 Å². The minimum absolute atomic E-state index is 0.126. The molecule has 4 aromatic rings. The summed E-state index contributed by atoms with van der Waals surface area (Å²) in [5, 5.41) is -0.280. The first-order valence-corrected chi connectivity index (χ1v) is 26.6. The molecular weight excluding hydrogens is 972 g/mol. The maximum atomic E-state index is 12.4. The van der Waals surface area contributed by atoms with Gasteiger partial charge in [0.05, 0.1) is 28.4 Å². The third-order valence-electron chi connectivity index (χ3n) is 9.98. The molecule has 0 spiro atoms. The van der Waals surface area contributed by atoms with E-state index in [1.807, 2.05) is 152 Å². The molecule has 0 radical (unpaired) electrons. The lowest BCUT2D eigenvalue weighted by Gasteiger charge is -2.25. The Balaban J connectivity index is 0.000000392. The van der Waals surface area contributed by atoms with E-state index >= 15 is 0 Å². The second-order valence-electron chi connectivity index (χ2n) is 18.3. The molecule has 69 heavy (non-hydrogen) atoms. The summed E-state index contributed by atoms with van der Waals surface area (Å²) in [5.41, 5.74) is 12.1. The van der Waals surface area contributed by atoms with Gasteiger partial charge in [-0.05, 0) is 82.4 Å². The predicted octanol–water partition coefficient (Wildman–Crippen LogP) is 11.3. The van der Waals surface area contributed by atoms with Gasteiger partial charge >= 0.3 is 0 Å². The van der Waals surface area contributed by atoms with Crippen molar-refractivity contribution in [3.8, 4) is 23.0 Å². The van der Waals surface area contributed by atoms with Crippen LogP contribution in [0.25, 0.3) is 0 Å². The molecule has 17 heteroatoms. The maximum absolute atomic E-state index is 12.4. The number of ether oxygens (including phenoxy) is 4. The molecule has 0 heterocycles. The molecule has 0 saturated carbocycles. The Labute approximate surface area is 433 Å². The van der Waals surface area contributed by atoms with Crippen LogP contribution < -0.4 is 41.1 Å². The van der Waals surface area contributed by atoms with Crippen LogP contribution in [-0.2, 0) is 42.2 Å². The molecule has 0 saturated heterocycles. The number of thioether (sulfide) groups is 4. The van der Waals surface area contributed by atoms with Crippen molar-refractivity contribution in [3.05, 3.63) is 119 Å². The van der Waals surface area contributed by atoms with Crippen LogP contribution in [0.3, 0.4) is 0 Å². The molecule has 0 aliphatic heterocycles. The first kappa shape index (κ1) is 60.9. The van der Waals surface area contributed by atoms with E-state index in [2.05, 4.69) is 16.3 Å². The summed E-state index contributed by atoms with van der Waals surface area (Å²) in [6.07, 6.45) is 1.38. The third kappa shape index (κ3) is 27.1. The number of halogens is 1. The van der Waals surface area contributed by atoms with Gasteiger partial charge in [0.25, 0.3) is 0 Å². The first-order valence-electron chi connectivity index (χ1n) is 22.2. The number of nitrogens with one attached hydrogen (secondary N) is 3. The van der Waals surface area contributed by atoms with Gasteiger partial charge in [0, 0.05) is 67.7 Å². The van der Waals surface area contributed by atoms with Gasteiger partial charge in [-0.3, -0.25) is 35.5 Å². The van der Waals surface area contributed by atoms with Gasteiger partial charge in [0.2, 0.25) is 23.0 Å². The summed E-state index contributed by atoms with van der Waals surface area (Å²) in [7, 11) is 6.59. The number of hydrogen-bond acceptors (Lipinski definition) is 13. The van der Waals surface area contributed by atoms with E-state index in [0.29, 0.717) is 25.7 Å². The number of hydrazine groups is 2. The van der Waals surface area contributed by atoms with E-state index < -0.39 is 0 Å². The SMILES string of the molecule is COc1ccc(CSC(C)(C)CC(=O)Cl)cc1.COc1ccc(CSC(C)(C)CC(=O)NN)cc1.COc1ccc(CSC(C)(C)CC(=O)NNC(=O)CC(C)(C)SCc2ccc(OC)cc2)cc1. The van der Waals surface area contributed by atoms with Crippen LogP contribution in [0.15, 0.2) is 97.1 Å². The summed E-state index contributed by atoms with van der Waals surface area (Å²) >= 11 is 12.3. The average Bonchev–Trinajstić information content (AvgIpc) is 3.31. The number of benzene rings is 4. The van der Waals surface area contributed by atoms with Crippen molar-refractivity contribution in [2.75, 3.05) is 28.4 Å². The van der Waals surface area contributed by atoms with Crippen molar-refractivity contribution in [2.24, 2.45) is 5.84 Å². The molecular formula is C52H73ClN4O8S4. The first-order chi connectivity index (χ1) is 32.4. The monoisotopic (exact) mass is 1040 g/mol. The van der Waals surface area contributed by atoms with E-state index in [4.69, 9.17) is 36.4 Å². The molecule has 380 valence electrons. The second kappa shape index (κ2) is 30.5. The quantitative estimate of drug-likeness (QED) is 0.0227. The number of rotatable bonds is 24. The van der Waals surface area contributed by atoms with Crippen molar-refractivity contribution in [1.82, 2.24) is 16.3 Å². The molecule has 5 N–H and O–H groups in total. The lowest BCUT2D eigenvalue weighted by Crippen LogP contribution is -2.45. The molecule has 0 atom stereocenters. The molecule has 0 bridgehead atoms. The summed E-state index contributed by atoms with van der Waals surface area (Å²) in [6, 6.07) is 31.7. The Morgan fingerprint density at radius 1 is 0.420 bits per heavy atom. The van der Waals surface area contributed by atoms with Gasteiger partial charge in [-0.1, -0.05) is 104 Å². The van der Waals surface area contributed by atoms with Crippen LogP contribution in [0.1, 0.15) is 103 Å². The van der Waals surface area contributed by atoms with Gasteiger partial charge in [-0.15, -0.1) is 0 Å². The number of methoxy groups -OCH3 is 4. The largest absolute Gasteiger partial charge is 0.497 e. The Morgan fingerprint density at radius 2 is 0.638 bits per heavy atom. The number of amides is 3. The van der Waals surface area contributed by atoms with E-state index in [1.165, 1.54) is 22.3 Å². The van der Waals surface area contributed by atoms with E-state index in [0.717, 1.165) is 46.0 Å². The van der Waals surface area contributed by atoms with Gasteiger partial charge < -0.3 is 18.9 Å². The summed E-state index contributed by atoms with van der Waals surface area (Å²) in [6.45, 7) is 16.3. The molecule has 0 aromatic heterocycles. The number of nitrogens with two attached hydrogens (primary N) is 1. The minimum Gasteiger partial charge on any atom is -0.497 e. The fourth-order valence-corrected chi connectivity index (χ4v) is 10.3. The van der Waals surface area contributed by atoms with Crippen LogP contribution in [0.2, 0.25) is 0 Å². The van der Waals surface area contributed by atoms with Crippen molar-refractivity contribution < 1.29 is 38.1 Å². The fraction of sp³-hybridized carbons (Fsp3) is 0.462. The number of hydrogen-bond donors (Lipinski definition) is 4. The van der Waals surface area contributed by atoms with Crippen LogP contribution in [0.4, 0.5) is 0 Å². The van der Waals surface area contributed by atoms with Crippen LogP contribution in [0.5, 0.6) is 23.0 Å². The second-order valence-corrected chi connectivity index (χ2v) is 25.5. The van der Waals surface area contributed by atoms with Gasteiger partial charge in [-0.25, -0.2) is 5.84 Å². The topological polar surface area (TPSA) is 167 Å². The van der Waals surface area contributed by atoms with E-state index in [1.54, 1.807) is 75.5 Å². The Kier molecular flexibility index (Phi) is 27.0. The molecule has 12 nitrogen and oxygen atoms in total. The summed E-state index contributed by atoms with van der Waals surface area (Å²) in [5.74, 6) is 11.2. The molecule has 0 aliphatic carbocycles. The standard InChI is InChI=1S/C26H36N2O4S2.C13H17ClO2S.C13H20N2O2S/c1-25(2,33-17-19-7-11-21(31-5)12-8-19)15-23(29)27-28-24(30)16-26(3,4)34-18-20-9-13-22(32-6)14-10-20;1-13(2,8-12(14)15)17-9-10-4-6-11(16-3)7-5-10;1-13(2,8-12(16)15-14)18-9-10-4-6-11(17-3)7-5-10/h7-14H,15-18H2,1-6H3,(H,27,29)(H,28,30);4-7H,8-9H2,1-3H3;4-7H,8-9,14H2,1-3H3,(H,15,16). The predicted molar refractivity (Wildman–Crippen MR) is 291 cm³/mol. The highest BCUT2D eigenvalue weighted by atomic mass is 35.5. The number of carbonyl (C=O) groups is 4. The zero-order valence-corrected chi connectivity index (χ0v) is 46.3. The van der Waals surface area contributed by atoms with Crippen LogP contribution >= 0.6 is 58.6 Å². The fourth-order valence-electron chi connectivity index (χ4n) is 5.98. The normalized spacial score (nSPS) is 11.4.